The summed E-state index contributed by atoms with van der Waals surface area (Å²) in [5, 5.41) is 0.745. The lowest BCUT2D eigenvalue weighted by molar-refractivity contribution is -0.0388. The van der Waals surface area contributed by atoms with Crippen molar-refractivity contribution in [2.24, 2.45) is 0 Å². The van der Waals surface area contributed by atoms with Crippen molar-refractivity contribution < 1.29 is 13.9 Å². The minimum absolute atomic E-state index is 0.0300. The highest BCUT2D eigenvalue weighted by Crippen LogP contribution is 2.17. The molecule has 1 aromatic heterocycles. The van der Waals surface area contributed by atoms with E-state index in [1.807, 2.05) is 26.0 Å². The van der Waals surface area contributed by atoms with Gasteiger partial charge in [0.1, 0.15) is 11.1 Å². The molecule has 5 nitrogen and oxygen atoms in total. The van der Waals surface area contributed by atoms with Crippen LogP contribution in [0.1, 0.15) is 24.2 Å². The minimum atomic E-state index is -0.593. The van der Waals surface area contributed by atoms with Crippen LogP contribution in [0.4, 0.5) is 0 Å². The standard InChI is InChI=1S/C16H17NO4/c1-10-9-20-11(2)8-17(10)15(18)13-7-12-5-3-4-6-14(12)21-16(13)19/h3-7,10-11H,8-9H2,1-2H3. The number of carbonyl (C=O) groups excluding carboxylic acids is 1. The average Bonchev–Trinajstić information content (AvgIpc) is 2.48. The monoisotopic (exact) mass is 287 g/mol. The third kappa shape index (κ3) is 2.56. The zero-order valence-electron chi connectivity index (χ0n) is 12.0. The van der Waals surface area contributed by atoms with Gasteiger partial charge in [-0.25, -0.2) is 4.79 Å². The van der Waals surface area contributed by atoms with Crippen LogP contribution in [0, 0.1) is 0 Å². The molecule has 0 bridgehead atoms. The molecule has 2 atom stereocenters. The van der Waals surface area contributed by atoms with Crippen LogP contribution in [0.5, 0.6) is 0 Å². The van der Waals surface area contributed by atoms with Gasteiger partial charge in [-0.3, -0.25) is 4.79 Å². The third-order valence-corrected chi connectivity index (χ3v) is 3.74. The van der Waals surface area contributed by atoms with Crippen molar-refractivity contribution in [2.45, 2.75) is 26.0 Å². The summed E-state index contributed by atoms with van der Waals surface area (Å²) in [7, 11) is 0. The van der Waals surface area contributed by atoms with Crippen molar-refractivity contribution in [1.82, 2.24) is 4.90 Å². The minimum Gasteiger partial charge on any atom is -0.422 e. The highest BCUT2D eigenvalue weighted by Gasteiger charge is 2.30. The summed E-state index contributed by atoms with van der Waals surface area (Å²) in [6.07, 6.45) is -0.0300. The van der Waals surface area contributed by atoms with E-state index in [1.165, 1.54) is 0 Å². The highest BCUT2D eigenvalue weighted by atomic mass is 16.5. The summed E-state index contributed by atoms with van der Waals surface area (Å²) < 4.78 is 10.7. The van der Waals surface area contributed by atoms with Gasteiger partial charge in [0, 0.05) is 11.9 Å². The van der Waals surface area contributed by atoms with Crippen molar-refractivity contribution in [1.29, 1.82) is 0 Å². The van der Waals surface area contributed by atoms with Crippen LogP contribution in [0.25, 0.3) is 11.0 Å². The summed E-state index contributed by atoms with van der Waals surface area (Å²) in [5.41, 5.74) is -0.0258. The summed E-state index contributed by atoms with van der Waals surface area (Å²) in [5.74, 6) is -0.294. The molecule has 21 heavy (non-hydrogen) atoms. The molecule has 2 heterocycles. The molecule has 110 valence electrons. The fourth-order valence-corrected chi connectivity index (χ4v) is 2.55. The van der Waals surface area contributed by atoms with Crippen molar-refractivity contribution in [3.63, 3.8) is 0 Å². The normalized spacial score (nSPS) is 22.5. The molecule has 1 amide bonds. The SMILES string of the molecule is CC1CN(C(=O)c2cc3ccccc3oc2=O)C(C)CO1. The molecule has 1 aliphatic heterocycles. The van der Waals surface area contributed by atoms with Crippen molar-refractivity contribution >= 4 is 16.9 Å². The number of nitrogens with zero attached hydrogens (tertiary/aromatic N) is 1. The maximum Gasteiger partial charge on any atom is 0.349 e. The maximum atomic E-state index is 12.6. The Morgan fingerprint density at radius 3 is 2.86 bits per heavy atom. The Morgan fingerprint density at radius 1 is 1.29 bits per heavy atom. The van der Waals surface area contributed by atoms with E-state index in [-0.39, 0.29) is 23.6 Å². The number of para-hydroxylation sites is 1. The number of morpholine rings is 1. The van der Waals surface area contributed by atoms with E-state index in [9.17, 15) is 9.59 Å². The lowest BCUT2D eigenvalue weighted by Crippen LogP contribution is -2.51. The predicted molar refractivity (Wildman–Crippen MR) is 78.4 cm³/mol. The summed E-state index contributed by atoms with van der Waals surface area (Å²) >= 11 is 0. The molecule has 0 radical (unpaired) electrons. The molecule has 1 saturated heterocycles. The molecule has 0 spiro atoms. The van der Waals surface area contributed by atoms with Crippen LogP contribution in [-0.4, -0.2) is 36.1 Å². The Labute approximate surface area is 122 Å². The predicted octanol–water partition coefficient (Wildman–Crippen LogP) is 2.04. The number of amides is 1. The molecule has 1 aromatic carbocycles. The topological polar surface area (TPSA) is 59.8 Å². The average molecular weight is 287 g/mol. The van der Waals surface area contributed by atoms with E-state index in [4.69, 9.17) is 9.15 Å². The third-order valence-electron chi connectivity index (χ3n) is 3.74. The molecule has 0 saturated carbocycles. The number of hydrogen-bond donors (Lipinski definition) is 0. The molecule has 1 aliphatic rings. The van der Waals surface area contributed by atoms with Gasteiger partial charge in [-0.15, -0.1) is 0 Å². The van der Waals surface area contributed by atoms with Crippen LogP contribution in [0.2, 0.25) is 0 Å². The zero-order chi connectivity index (χ0) is 15.0. The summed E-state index contributed by atoms with van der Waals surface area (Å²) in [6, 6.07) is 8.72. The van der Waals surface area contributed by atoms with E-state index in [0.717, 1.165) is 5.39 Å². The summed E-state index contributed by atoms with van der Waals surface area (Å²) in [6.45, 7) is 4.78. The molecule has 3 rings (SSSR count). The number of ether oxygens (including phenoxy) is 1. The number of carbonyl (C=O) groups is 1. The van der Waals surface area contributed by atoms with E-state index >= 15 is 0 Å². The number of rotatable bonds is 1. The van der Waals surface area contributed by atoms with E-state index in [0.29, 0.717) is 18.7 Å². The van der Waals surface area contributed by atoms with Crippen LogP contribution < -0.4 is 5.63 Å². The fraction of sp³-hybridized carbons (Fsp3) is 0.375. The van der Waals surface area contributed by atoms with Gasteiger partial charge in [-0.1, -0.05) is 18.2 Å². The quantitative estimate of drug-likeness (QED) is 0.753. The van der Waals surface area contributed by atoms with Gasteiger partial charge in [0.05, 0.1) is 18.8 Å². The fourth-order valence-electron chi connectivity index (χ4n) is 2.55. The first-order valence-corrected chi connectivity index (χ1v) is 7.01. The molecular weight excluding hydrogens is 270 g/mol. The number of hydrogen-bond acceptors (Lipinski definition) is 4. The van der Waals surface area contributed by atoms with Gasteiger partial charge in [0.2, 0.25) is 0 Å². The van der Waals surface area contributed by atoms with Crippen molar-refractivity contribution in [3.05, 3.63) is 46.3 Å². The molecule has 0 N–H and O–H groups in total. The first-order chi connectivity index (χ1) is 10.1. The second-order valence-electron chi connectivity index (χ2n) is 5.44. The smallest absolute Gasteiger partial charge is 0.349 e. The van der Waals surface area contributed by atoms with E-state index in [2.05, 4.69) is 0 Å². The van der Waals surface area contributed by atoms with E-state index < -0.39 is 5.63 Å². The first kappa shape index (κ1) is 13.8. The molecule has 2 aromatic rings. The maximum absolute atomic E-state index is 12.6. The summed E-state index contributed by atoms with van der Waals surface area (Å²) in [4.78, 5) is 26.4. The Hall–Kier alpha value is -2.14. The van der Waals surface area contributed by atoms with Crippen LogP contribution in [-0.2, 0) is 4.74 Å². The Kier molecular flexibility index (Phi) is 3.51. The van der Waals surface area contributed by atoms with Crippen molar-refractivity contribution in [2.75, 3.05) is 13.2 Å². The molecule has 2 unspecified atom stereocenters. The zero-order valence-corrected chi connectivity index (χ0v) is 12.0. The van der Waals surface area contributed by atoms with Crippen molar-refractivity contribution in [3.8, 4) is 0 Å². The Balaban J connectivity index is 2.01. The lowest BCUT2D eigenvalue weighted by atomic mass is 10.1. The largest absolute Gasteiger partial charge is 0.422 e. The lowest BCUT2D eigenvalue weighted by Gasteiger charge is -2.36. The van der Waals surface area contributed by atoms with Gasteiger partial charge in [0.25, 0.3) is 5.91 Å². The molecule has 0 aliphatic carbocycles. The van der Waals surface area contributed by atoms with E-state index in [1.54, 1.807) is 23.1 Å². The highest BCUT2D eigenvalue weighted by molar-refractivity contribution is 5.96. The van der Waals surface area contributed by atoms with Crippen LogP contribution in [0.15, 0.2) is 39.5 Å². The Morgan fingerprint density at radius 2 is 2.05 bits per heavy atom. The van der Waals surface area contributed by atoms with Crippen LogP contribution in [0.3, 0.4) is 0 Å². The van der Waals surface area contributed by atoms with Crippen LogP contribution >= 0.6 is 0 Å². The first-order valence-electron chi connectivity index (χ1n) is 7.01. The number of benzene rings is 1. The number of fused-ring (bicyclic) bond motifs is 1. The molecule has 1 fully saturated rings. The van der Waals surface area contributed by atoms with Gasteiger partial charge >= 0.3 is 5.63 Å². The second kappa shape index (κ2) is 5.33. The van der Waals surface area contributed by atoms with Gasteiger partial charge < -0.3 is 14.1 Å². The Bertz CT molecular complexity index is 736. The molecule has 5 heteroatoms. The van der Waals surface area contributed by atoms with Gasteiger partial charge in [0.15, 0.2) is 0 Å². The molecular formula is C16H17NO4. The van der Waals surface area contributed by atoms with Gasteiger partial charge in [-0.2, -0.15) is 0 Å². The second-order valence-corrected chi connectivity index (χ2v) is 5.44. The van der Waals surface area contributed by atoms with Gasteiger partial charge in [-0.05, 0) is 26.0 Å².